The van der Waals surface area contributed by atoms with Gasteiger partial charge in [-0.25, -0.2) is 10.2 Å². The lowest BCUT2D eigenvalue weighted by Gasteiger charge is -2.32. The second-order valence-electron chi connectivity index (χ2n) is 3.54. The van der Waals surface area contributed by atoms with Crippen LogP contribution in [-0.2, 0) is 10.2 Å². The zero-order valence-corrected chi connectivity index (χ0v) is 6.52. The molecule has 0 saturated heterocycles. The predicted molar refractivity (Wildman–Crippen MR) is 34.1 cm³/mol. The monoisotopic (exact) mass is 130 g/mol. The van der Waals surface area contributed by atoms with Crippen LogP contribution >= 0.6 is 0 Å². The molecule has 0 aliphatic heterocycles. The van der Waals surface area contributed by atoms with Gasteiger partial charge in [0.15, 0.2) is 0 Å². The number of hydrogen-bond acceptors (Lipinski definition) is 0. The Bertz CT molecular complexity index is 89.6. The maximum absolute atomic E-state index is 11.2. The van der Waals surface area contributed by atoms with Gasteiger partial charge < -0.3 is 0 Å². The summed E-state index contributed by atoms with van der Waals surface area (Å²) in [5.41, 5.74) is -1.75. The van der Waals surface area contributed by atoms with Gasteiger partial charge in [-0.2, -0.15) is 0 Å². The minimum atomic E-state index is -1.12. The van der Waals surface area contributed by atoms with Crippen LogP contribution in [-0.4, -0.2) is 12.2 Å². The predicted octanol–water partition coefficient (Wildman–Crippen LogP) is 1.65. The van der Waals surface area contributed by atoms with Crippen LogP contribution in [0.15, 0.2) is 0 Å². The summed E-state index contributed by atoms with van der Waals surface area (Å²) in [6.07, 6.45) is 0. The molecule has 9 heavy (non-hydrogen) atoms. The molecule has 0 amide bonds. The van der Waals surface area contributed by atoms with Crippen molar-refractivity contribution in [3.63, 3.8) is 0 Å². The zero-order chi connectivity index (χ0) is 7.71. The molecule has 0 heterocycles. The summed E-state index contributed by atoms with van der Waals surface area (Å²) in [6, 6.07) is 0. The summed E-state index contributed by atoms with van der Waals surface area (Å²) >= 11 is 0. The molecule has 2 radical (unpaired) electrons. The van der Waals surface area contributed by atoms with Crippen LogP contribution in [0.3, 0.4) is 0 Å². The van der Waals surface area contributed by atoms with Gasteiger partial charge in [-0.1, -0.05) is 13.8 Å². The van der Waals surface area contributed by atoms with Gasteiger partial charge in [-0.3, -0.25) is 0 Å². The van der Waals surface area contributed by atoms with Gasteiger partial charge in [-0.05, 0) is 13.8 Å². The molecule has 54 valence electrons. The van der Waals surface area contributed by atoms with Crippen LogP contribution in [0.25, 0.3) is 0 Å². The lowest BCUT2D eigenvalue weighted by Crippen LogP contribution is -2.39. The van der Waals surface area contributed by atoms with Crippen LogP contribution in [0, 0.1) is 5.41 Å². The van der Waals surface area contributed by atoms with E-state index in [9.17, 15) is 10.2 Å². The first-order valence-corrected chi connectivity index (χ1v) is 3.10. The molecular weight excluding hydrogens is 116 g/mol. The molecule has 0 aliphatic rings. The van der Waals surface area contributed by atoms with Crippen molar-refractivity contribution < 1.29 is 10.2 Å². The lowest BCUT2D eigenvalue weighted by atomic mass is 9.78. The van der Waals surface area contributed by atoms with E-state index in [4.69, 9.17) is 0 Å². The van der Waals surface area contributed by atoms with Gasteiger partial charge in [0.1, 0.15) is 5.60 Å². The second-order valence-corrected chi connectivity index (χ2v) is 3.54. The Morgan fingerprint density at radius 2 is 1.44 bits per heavy atom. The van der Waals surface area contributed by atoms with E-state index >= 15 is 0 Å². The van der Waals surface area contributed by atoms with Gasteiger partial charge in [-0.15, -0.1) is 0 Å². The average Bonchev–Trinajstić information content (AvgIpc) is 1.64. The Labute approximate surface area is 56.5 Å². The van der Waals surface area contributed by atoms with Gasteiger partial charge in [0.25, 0.3) is 0 Å². The third-order valence-corrected chi connectivity index (χ3v) is 1.99. The minimum absolute atomic E-state index is 0.302. The van der Waals surface area contributed by atoms with Gasteiger partial charge in [0.2, 0.25) is 0 Å². The van der Waals surface area contributed by atoms with Crippen molar-refractivity contribution in [2.75, 3.05) is 6.61 Å². The van der Waals surface area contributed by atoms with Gasteiger partial charge in [0.05, 0.1) is 6.61 Å². The molecular formula is C7H14O2. The van der Waals surface area contributed by atoms with E-state index in [2.05, 4.69) is 0 Å². The quantitative estimate of drug-likeness (QED) is 0.545. The molecule has 0 spiro atoms. The smallest absolute Gasteiger partial charge is 0.105 e. The molecule has 0 unspecified atom stereocenters. The molecule has 0 bridgehead atoms. The van der Waals surface area contributed by atoms with Crippen LogP contribution in [0.5, 0.6) is 0 Å². The van der Waals surface area contributed by atoms with Crippen LogP contribution in [0.1, 0.15) is 27.7 Å². The summed E-state index contributed by atoms with van der Waals surface area (Å²) < 4.78 is 0. The second kappa shape index (κ2) is 2.27. The molecule has 0 saturated carbocycles. The van der Waals surface area contributed by atoms with E-state index in [1.165, 1.54) is 0 Å². The molecule has 0 aromatic carbocycles. The fourth-order valence-corrected chi connectivity index (χ4v) is 0.174. The van der Waals surface area contributed by atoms with Crippen molar-refractivity contribution in [1.29, 1.82) is 0 Å². The summed E-state index contributed by atoms with van der Waals surface area (Å²) in [4.78, 5) is 0. The first-order valence-electron chi connectivity index (χ1n) is 3.10. The first-order chi connectivity index (χ1) is 3.81. The maximum Gasteiger partial charge on any atom is 0.105 e. The van der Waals surface area contributed by atoms with E-state index in [0.29, 0.717) is 0 Å². The Balaban J connectivity index is 4.14. The molecule has 0 N–H and O–H groups in total. The average molecular weight is 130 g/mol. The third-order valence-electron chi connectivity index (χ3n) is 1.99. The van der Waals surface area contributed by atoms with Crippen LogP contribution in [0.2, 0.25) is 0 Å². The Morgan fingerprint density at radius 3 is 1.44 bits per heavy atom. The normalized spacial score (nSPS) is 14.0. The molecule has 0 rings (SSSR count). The van der Waals surface area contributed by atoms with E-state index in [1.807, 2.05) is 0 Å². The Morgan fingerprint density at radius 1 is 1.11 bits per heavy atom. The van der Waals surface area contributed by atoms with Crippen molar-refractivity contribution in [3.05, 3.63) is 0 Å². The maximum atomic E-state index is 11.2. The lowest BCUT2D eigenvalue weighted by molar-refractivity contribution is -0.119. The molecule has 0 aliphatic carbocycles. The Kier molecular flexibility index (Phi) is 2.25. The topological polar surface area (TPSA) is 39.8 Å². The van der Waals surface area contributed by atoms with Crippen molar-refractivity contribution in [2.45, 2.75) is 33.3 Å². The van der Waals surface area contributed by atoms with Crippen molar-refractivity contribution in [2.24, 2.45) is 5.41 Å². The number of rotatable bonds is 2. The van der Waals surface area contributed by atoms with Crippen molar-refractivity contribution >= 4 is 0 Å². The van der Waals surface area contributed by atoms with E-state index in [-0.39, 0.29) is 6.61 Å². The fraction of sp³-hybridized carbons (Fsp3) is 1.00. The van der Waals surface area contributed by atoms with Crippen LogP contribution < -0.4 is 0 Å². The van der Waals surface area contributed by atoms with Gasteiger partial charge >= 0.3 is 0 Å². The highest BCUT2D eigenvalue weighted by molar-refractivity contribution is 4.84. The third kappa shape index (κ3) is 1.95. The first kappa shape index (κ1) is 8.92. The van der Waals surface area contributed by atoms with E-state index in [0.717, 1.165) is 0 Å². The SMILES string of the molecule is CC(C)([O])C(C)(C)C[O]. The molecule has 0 aromatic rings. The fourth-order valence-electron chi connectivity index (χ4n) is 0.174. The van der Waals surface area contributed by atoms with Gasteiger partial charge in [0, 0.05) is 5.41 Å². The molecule has 2 heteroatoms. The van der Waals surface area contributed by atoms with E-state index in [1.54, 1.807) is 27.7 Å². The summed E-state index contributed by atoms with van der Waals surface area (Å²) in [5.74, 6) is 0. The van der Waals surface area contributed by atoms with E-state index < -0.39 is 11.0 Å². The highest BCUT2D eigenvalue weighted by atomic mass is 16.3. The highest BCUT2D eigenvalue weighted by Gasteiger charge is 2.36. The molecule has 2 nitrogen and oxygen atoms in total. The zero-order valence-electron chi connectivity index (χ0n) is 6.52. The van der Waals surface area contributed by atoms with Crippen molar-refractivity contribution in [1.82, 2.24) is 0 Å². The summed E-state index contributed by atoms with van der Waals surface area (Å²) in [5, 5.41) is 21.6. The number of hydrogen-bond donors (Lipinski definition) is 0. The summed E-state index contributed by atoms with van der Waals surface area (Å²) in [6.45, 7) is 6.19. The molecule has 0 fully saturated rings. The van der Waals surface area contributed by atoms with Crippen LogP contribution in [0.4, 0.5) is 0 Å². The molecule has 0 aromatic heterocycles. The summed E-state index contributed by atoms with van der Waals surface area (Å²) in [7, 11) is 0. The standard InChI is InChI=1S/C7H14O2/c1-6(2,5-8)7(3,4)9/h5H2,1-4H3. The Hall–Kier alpha value is -0.0800. The highest BCUT2D eigenvalue weighted by Crippen LogP contribution is 2.29. The minimum Gasteiger partial charge on any atom is -0.236 e. The largest absolute Gasteiger partial charge is 0.236 e. The molecule has 0 atom stereocenters. The van der Waals surface area contributed by atoms with Crippen molar-refractivity contribution in [3.8, 4) is 0 Å².